The van der Waals surface area contributed by atoms with Gasteiger partial charge in [0.2, 0.25) is 0 Å². The molecule has 1 atom stereocenters. The maximum Gasteiger partial charge on any atom is 0.160 e. The molecule has 3 rings (SSSR count). The summed E-state index contributed by atoms with van der Waals surface area (Å²) < 4.78 is 0. The first-order valence-electron chi connectivity index (χ1n) is 8.78. The lowest BCUT2D eigenvalue weighted by molar-refractivity contribution is 0.251. The molecule has 0 aliphatic carbocycles. The molecular formula is C20H25N5O. The molecule has 2 heterocycles. The van der Waals surface area contributed by atoms with E-state index in [9.17, 15) is 0 Å². The lowest BCUT2D eigenvalue weighted by Gasteiger charge is -2.14. The van der Waals surface area contributed by atoms with Gasteiger partial charge in [0, 0.05) is 24.5 Å². The summed E-state index contributed by atoms with van der Waals surface area (Å²) in [5, 5.41) is 15.8. The van der Waals surface area contributed by atoms with Gasteiger partial charge >= 0.3 is 0 Å². The highest BCUT2D eigenvalue weighted by atomic mass is 16.3. The van der Waals surface area contributed by atoms with Crippen LogP contribution in [0.3, 0.4) is 0 Å². The topological polar surface area (TPSA) is 83.0 Å². The zero-order chi connectivity index (χ0) is 18.7. The lowest BCUT2D eigenvalue weighted by atomic mass is 10.1. The third kappa shape index (κ3) is 3.98. The van der Waals surface area contributed by atoms with Gasteiger partial charge in [-0.2, -0.15) is 0 Å². The SMILES string of the molecule is Cc1nc(Nc2cccc(C)c2C)c2ncc(CNC(C)CO)cc2n1. The highest BCUT2D eigenvalue weighted by Gasteiger charge is 2.11. The van der Waals surface area contributed by atoms with Crippen molar-refractivity contribution in [1.82, 2.24) is 20.3 Å². The van der Waals surface area contributed by atoms with Crippen LogP contribution in [0.25, 0.3) is 11.0 Å². The van der Waals surface area contributed by atoms with Crippen molar-refractivity contribution in [1.29, 1.82) is 0 Å². The van der Waals surface area contributed by atoms with Crippen molar-refractivity contribution < 1.29 is 5.11 Å². The summed E-state index contributed by atoms with van der Waals surface area (Å²) in [6.07, 6.45) is 1.83. The van der Waals surface area contributed by atoms with E-state index >= 15 is 0 Å². The number of aromatic nitrogens is 3. The Morgan fingerprint density at radius 3 is 2.73 bits per heavy atom. The molecule has 2 aromatic heterocycles. The molecule has 0 saturated heterocycles. The molecule has 6 heteroatoms. The van der Waals surface area contributed by atoms with E-state index in [-0.39, 0.29) is 12.6 Å². The number of pyridine rings is 1. The predicted octanol–water partition coefficient (Wildman–Crippen LogP) is 3.16. The molecule has 26 heavy (non-hydrogen) atoms. The Bertz CT molecular complexity index is 925. The molecule has 3 aromatic rings. The van der Waals surface area contributed by atoms with Gasteiger partial charge in [0.15, 0.2) is 5.82 Å². The summed E-state index contributed by atoms with van der Waals surface area (Å²) in [6.45, 7) is 8.74. The van der Waals surface area contributed by atoms with Gasteiger partial charge in [0.05, 0.1) is 12.1 Å². The highest BCUT2D eigenvalue weighted by molar-refractivity contribution is 5.87. The van der Waals surface area contributed by atoms with Crippen LogP contribution in [0, 0.1) is 20.8 Å². The fraction of sp³-hybridized carbons (Fsp3) is 0.350. The number of rotatable bonds is 6. The van der Waals surface area contributed by atoms with Gasteiger partial charge in [0.1, 0.15) is 11.3 Å². The Hall–Kier alpha value is -2.57. The van der Waals surface area contributed by atoms with Crippen molar-refractivity contribution in [3.8, 4) is 0 Å². The average molecular weight is 351 g/mol. The number of aryl methyl sites for hydroxylation is 2. The highest BCUT2D eigenvalue weighted by Crippen LogP contribution is 2.26. The number of fused-ring (bicyclic) bond motifs is 1. The minimum atomic E-state index is 0.0411. The van der Waals surface area contributed by atoms with Crippen molar-refractivity contribution >= 4 is 22.5 Å². The van der Waals surface area contributed by atoms with Crippen LogP contribution in [0.5, 0.6) is 0 Å². The van der Waals surface area contributed by atoms with Gasteiger partial charge in [-0.05, 0) is 56.5 Å². The molecular weight excluding hydrogens is 326 g/mol. The maximum absolute atomic E-state index is 9.13. The van der Waals surface area contributed by atoms with Gasteiger partial charge in [0.25, 0.3) is 0 Å². The van der Waals surface area contributed by atoms with Crippen LogP contribution in [0.2, 0.25) is 0 Å². The molecule has 6 nitrogen and oxygen atoms in total. The van der Waals surface area contributed by atoms with E-state index in [0.29, 0.717) is 18.2 Å². The minimum Gasteiger partial charge on any atom is -0.395 e. The van der Waals surface area contributed by atoms with E-state index in [1.54, 1.807) is 0 Å². The second-order valence-corrected chi connectivity index (χ2v) is 6.67. The van der Waals surface area contributed by atoms with E-state index < -0.39 is 0 Å². The van der Waals surface area contributed by atoms with Crippen molar-refractivity contribution in [3.63, 3.8) is 0 Å². The van der Waals surface area contributed by atoms with Gasteiger partial charge in [-0.3, -0.25) is 4.98 Å². The maximum atomic E-state index is 9.13. The largest absolute Gasteiger partial charge is 0.395 e. The fourth-order valence-corrected chi connectivity index (χ4v) is 2.73. The van der Waals surface area contributed by atoms with Gasteiger partial charge in [-0.15, -0.1) is 0 Å². The van der Waals surface area contributed by atoms with Crippen molar-refractivity contribution in [2.45, 2.75) is 40.3 Å². The molecule has 0 saturated carbocycles. The number of nitrogens with zero attached hydrogens (tertiary/aromatic N) is 3. The van der Waals surface area contributed by atoms with Crippen LogP contribution in [0.4, 0.5) is 11.5 Å². The molecule has 136 valence electrons. The van der Waals surface area contributed by atoms with Crippen molar-refractivity contribution in [2.24, 2.45) is 0 Å². The Morgan fingerprint density at radius 1 is 1.15 bits per heavy atom. The van der Waals surface area contributed by atoms with Gasteiger partial charge in [-0.25, -0.2) is 9.97 Å². The van der Waals surface area contributed by atoms with Crippen LogP contribution >= 0.6 is 0 Å². The molecule has 0 bridgehead atoms. The monoisotopic (exact) mass is 351 g/mol. The van der Waals surface area contributed by atoms with Crippen LogP contribution in [-0.4, -0.2) is 32.7 Å². The lowest BCUT2D eigenvalue weighted by Crippen LogP contribution is -2.28. The van der Waals surface area contributed by atoms with Crippen LogP contribution in [0.15, 0.2) is 30.5 Å². The molecule has 1 unspecified atom stereocenters. The number of benzene rings is 1. The van der Waals surface area contributed by atoms with Gasteiger partial charge < -0.3 is 15.7 Å². The normalized spacial score (nSPS) is 12.3. The molecule has 1 aromatic carbocycles. The molecule has 0 fully saturated rings. The van der Waals surface area contributed by atoms with Crippen LogP contribution < -0.4 is 10.6 Å². The van der Waals surface area contributed by atoms with E-state index in [2.05, 4.69) is 45.5 Å². The predicted molar refractivity (Wildman–Crippen MR) is 105 cm³/mol. The second-order valence-electron chi connectivity index (χ2n) is 6.67. The fourth-order valence-electron chi connectivity index (χ4n) is 2.73. The molecule has 0 aliphatic rings. The average Bonchev–Trinajstić information content (AvgIpc) is 2.63. The number of anilines is 2. The Balaban J connectivity index is 1.94. The number of hydrogen-bond acceptors (Lipinski definition) is 6. The summed E-state index contributed by atoms with van der Waals surface area (Å²) >= 11 is 0. The zero-order valence-electron chi connectivity index (χ0n) is 15.7. The van der Waals surface area contributed by atoms with E-state index in [1.165, 1.54) is 11.1 Å². The Kier molecular flexibility index (Phi) is 5.44. The smallest absolute Gasteiger partial charge is 0.160 e. The number of nitrogens with one attached hydrogen (secondary N) is 2. The minimum absolute atomic E-state index is 0.0411. The number of aliphatic hydroxyl groups is 1. The standard InChI is InChI=1S/C20H25N5O/c1-12-6-5-7-17(14(12)3)25-20-19-18(23-15(4)24-20)8-16(10-22-19)9-21-13(2)11-26/h5-8,10,13,21,26H,9,11H2,1-4H3,(H,23,24,25). The first kappa shape index (κ1) is 18.2. The third-order valence-corrected chi connectivity index (χ3v) is 4.49. The first-order chi connectivity index (χ1) is 12.5. The van der Waals surface area contributed by atoms with Crippen molar-refractivity contribution in [3.05, 3.63) is 53.0 Å². The summed E-state index contributed by atoms with van der Waals surface area (Å²) in [6, 6.07) is 8.22. The first-order valence-corrected chi connectivity index (χ1v) is 8.78. The van der Waals surface area contributed by atoms with Crippen molar-refractivity contribution in [2.75, 3.05) is 11.9 Å². The molecule has 0 radical (unpaired) electrons. The van der Waals surface area contributed by atoms with Crippen LogP contribution in [0.1, 0.15) is 29.4 Å². The summed E-state index contributed by atoms with van der Waals surface area (Å²) in [5.41, 5.74) is 6.01. The molecule has 0 spiro atoms. The number of aliphatic hydroxyl groups excluding tert-OH is 1. The summed E-state index contributed by atoms with van der Waals surface area (Å²) in [5.74, 6) is 1.41. The Labute approximate surface area is 153 Å². The van der Waals surface area contributed by atoms with E-state index in [4.69, 9.17) is 5.11 Å². The Morgan fingerprint density at radius 2 is 1.96 bits per heavy atom. The quantitative estimate of drug-likeness (QED) is 0.633. The second kappa shape index (κ2) is 7.76. The van der Waals surface area contributed by atoms with Crippen LogP contribution in [-0.2, 0) is 6.54 Å². The summed E-state index contributed by atoms with van der Waals surface area (Å²) in [4.78, 5) is 13.7. The molecule has 0 amide bonds. The van der Waals surface area contributed by atoms with Gasteiger partial charge in [-0.1, -0.05) is 12.1 Å². The third-order valence-electron chi connectivity index (χ3n) is 4.49. The van der Waals surface area contributed by atoms with E-state index in [0.717, 1.165) is 22.3 Å². The summed E-state index contributed by atoms with van der Waals surface area (Å²) in [7, 11) is 0. The zero-order valence-corrected chi connectivity index (χ0v) is 15.7. The van der Waals surface area contributed by atoms with E-state index in [1.807, 2.05) is 38.2 Å². The molecule has 0 aliphatic heterocycles. The molecule has 3 N–H and O–H groups in total. The number of hydrogen-bond donors (Lipinski definition) is 3.